The number of carbonyl (C=O) groups is 2. The van der Waals surface area contributed by atoms with Crippen LogP contribution in [-0.2, 0) is 11.3 Å². The van der Waals surface area contributed by atoms with Gasteiger partial charge in [0.2, 0.25) is 5.91 Å². The minimum atomic E-state index is -0.307. The SMILES string of the molecule is O=C(N[C@@H]1CC(=O)N(Cc2ccccc2Cl)C1)c1cc2ccccc2o1. The summed E-state index contributed by atoms with van der Waals surface area (Å²) in [5.74, 6) is -0.0541. The van der Waals surface area contributed by atoms with Crippen LogP contribution in [-0.4, -0.2) is 29.3 Å². The second-order valence-corrected chi connectivity index (χ2v) is 6.80. The van der Waals surface area contributed by atoms with Crippen LogP contribution in [0.3, 0.4) is 0 Å². The Morgan fingerprint density at radius 1 is 1.19 bits per heavy atom. The number of hydrogen-bond acceptors (Lipinski definition) is 3. The molecule has 1 fully saturated rings. The molecule has 1 N–H and O–H groups in total. The van der Waals surface area contributed by atoms with Crippen LogP contribution in [0, 0.1) is 0 Å². The molecular weight excluding hydrogens is 352 g/mol. The molecule has 0 aliphatic carbocycles. The Morgan fingerprint density at radius 2 is 1.96 bits per heavy atom. The summed E-state index contributed by atoms with van der Waals surface area (Å²) >= 11 is 6.17. The third-order valence-corrected chi connectivity index (χ3v) is 4.89. The second-order valence-electron chi connectivity index (χ2n) is 6.39. The lowest BCUT2D eigenvalue weighted by atomic mass is 10.2. The quantitative estimate of drug-likeness (QED) is 0.765. The molecule has 26 heavy (non-hydrogen) atoms. The van der Waals surface area contributed by atoms with Gasteiger partial charge >= 0.3 is 0 Å². The molecule has 2 heterocycles. The van der Waals surface area contributed by atoms with Crippen molar-refractivity contribution in [2.75, 3.05) is 6.54 Å². The second kappa shape index (κ2) is 6.84. The summed E-state index contributed by atoms with van der Waals surface area (Å²) in [4.78, 5) is 26.4. The number of hydrogen-bond donors (Lipinski definition) is 1. The lowest BCUT2D eigenvalue weighted by Crippen LogP contribution is -2.36. The van der Waals surface area contributed by atoms with Crippen molar-refractivity contribution in [3.8, 4) is 0 Å². The first-order valence-corrected chi connectivity index (χ1v) is 8.78. The van der Waals surface area contributed by atoms with Gasteiger partial charge in [0.15, 0.2) is 5.76 Å². The molecule has 1 atom stereocenters. The first-order valence-electron chi connectivity index (χ1n) is 8.41. The van der Waals surface area contributed by atoms with Crippen molar-refractivity contribution in [1.82, 2.24) is 10.2 Å². The zero-order chi connectivity index (χ0) is 18.1. The number of halogens is 1. The predicted octanol–water partition coefficient (Wildman–Crippen LogP) is 3.62. The van der Waals surface area contributed by atoms with Crippen molar-refractivity contribution in [3.05, 3.63) is 70.9 Å². The molecule has 2 aromatic carbocycles. The minimum Gasteiger partial charge on any atom is -0.451 e. The van der Waals surface area contributed by atoms with Crippen LogP contribution < -0.4 is 5.32 Å². The third kappa shape index (κ3) is 3.30. The minimum absolute atomic E-state index is 0.000161. The van der Waals surface area contributed by atoms with E-state index in [9.17, 15) is 9.59 Å². The predicted molar refractivity (Wildman–Crippen MR) is 99.0 cm³/mol. The van der Waals surface area contributed by atoms with E-state index in [4.69, 9.17) is 16.0 Å². The molecular formula is C20H17ClN2O3. The average Bonchev–Trinajstić information content (AvgIpc) is 3.20. The summed E-state index contributed by atoms with van der Waals surface area (Å²) in [5, 5.41) is 4.40. The fraction of sp³-hybridized carbons (Fsp3) is 0.200. The van der Waals surface area contributed by atoms with Crippen LogP contribution in [0.1, 0.15) is 22.5 Å². The number of rotatable bonds is 4. The van der Waals surface area contributed by atoms with E-state index in [1.165, 1.54) is 0 Å². The van der Waals surface area contributed by atoms with Crippen LogP contribution in [0.5, 0.6) is 0 Å². The molecule has 2 amide bonds. The molecule has 5 nitrogen and oxygen atoms in total. The van der Waals surface area contributed by atoms with Gasteiger partial charge in [-0.3, -0.25) is 9.59 Å². The van der Waals surface area contributed by atoms with Crippen molar-refractivity contribution in [1.29, 1.82) is 0 Å². The van der Waals surface area contributed by atoms with E-state index in [1.807, 2.05) is 42.5 Å². The van der Waals surface area contributed by atoms with E-state index in [2.05, 4.69) is 5.32 Å². The maximum Gasteiger partial charge on any atom is 0.287 e. The van der Waals surface area contributed by atoms with E-state index < -0.39 is 0 Å². The Bertz CT molecular complexity index is 949. The average molecular weight is 369 g/mol. The van der Waals surface area contributed by atoms with Gasteiger partial charge in [-0.25, -0.2) is 0 Å². The zero-order valence-corrected chi connectivity index (χ0v) is 14.7. The molecule has 1 saturated heterocycles. The van der Waals surface area contributed by atoms with Crippen LogP contribution in [0.15, 0.2) is 59.0 Å². The van der Waals surface area contributed by atoms with Gasteiger partial charge in [-0.05, 0) is 23.8 Å². The zero-order valence-electron chi connectivity index (χ0n) is 13.9. The maximum absolute atomic E-state index is 12.4. The number of nitrogens with zero attached hydrogens (tertiary/aromatic N) is 1. The maximum atomic E-state index is 12.4. The van der Waals surface area contributed by atoms with Gasteiger partial charge < -0.3 is 14.6 Å². The van der Waals surface area contributed by atoms with E-state index in [0.29, 0.717) is 23.7 Å². The van der Waals surface area contributed by atoms with Gasteiger partial charge in [0.05, 0.1) is 6.04 Å². The van der Waals surface area contributed by atoms with Crippen molar-refractivity contribution in [2.45, 2.75) is 19.0 Å². The number of carbonyl (C=O) groups excluding carboxylic acids is 2. The van der Waals surface area contributed by atoms with E-state index in [-0.39, 0.29) is 30.0 Å². The van der Waals surface area contributed by atoms with Crippen LogP contribution in [0.2, 0.25) is 5.02 Å². The lowest BCUT2D eigenvalue weighted by Gasteiger charge is -2.17. The van der Waals surface area contributed by atoms with E-state index in [1.54, 1.807) is 17.0 Å². The highest BCUT2D eigenvalue weighted by atomic mass is 35.5. The standard InChI is InChI=1S/C20H17ClN2O3/c21-16-7-3-1-6-14(16)11-23-12-15(10-19(23)24)22-20(25)18-9-13-5-2-4-8-17(13)26-18/h1-9,15H,10-12H2,(H,22,25)/t15-/m1/s1. The number of benzene rings is 2. The summed E-state index contributed by atoms with van der Waals surface area (Å²) in [6, 6.07) is 16.4. The fourth-order valence-corrected chi connectivity index (χ4v) is 3.40. The van der Waals surface area contributed by atoms with Crippen LogP contribution >= 0.6 is 11.6 Å². The summed E-state index contributed by atoms with van der Waals surface area (Å²) in [6.07, 6.45) is 0.274. The Balaban J connectivity index is 1.42. The number of amides is 2. The summed E-state index contributed by atoms with van der Waals surface area (Å²) in [6.45, 7) is 0.894. The molecule has 0 spiro atoms. The number of para-hydroxylation sites is 1. The summed E-state index contributed by atoms with van der Waals surface area (Å²) < 4.78 is 5.58. The molecule has 1 aromatic heterocycles. The smallest absolute Gasteiger partial charge is 0.287 e. The molecule has 0 saturated carbocycles. The number of furan rings is 1. The molecule has 4 rings (SSSR count). The highest BCUT2D eigenvalue weighted by Crippen LogP contribution is 2.22. The monoisotopic (exact) mass is 368 g/mol. The van der Waals surface area contributed by atoms with E-state index in [0.717, 1.165) is 10.9 Å². The molecule has 0 radical (unpaired) electrons. The number of likely N-dealkylation sites (tertiary alicyclic amines) is 1. The van der Waals surface area contributed by atoms with Gasteiger partial charge in [0, 0.05) is 29.9 Å². The molecule has 1 aliphatic rings. The van der Waals surface area contributed by atoms with Gasteiger partial charge in [-0.15, -0.1) is 0 Å². The largest absolute Gasteiger partial charge is 0.451 e. The van der Waals surface area contributed by atoms with Gasteiger partial charge in [0.1, 0.15) is 5.58 Å². The molecule has 0 bridgehead atoms. The first kappa shape index (κ1) is 16.7. The Morgan fingerprint density at radius 3 is 2.77 bits per heavy atom. The number of nitrogens with one attached hydrogen (secondary N) is 1. The van der Waals surface area contributed by atoms with E-state index >= 15 is 0 Å². The van der Waals surface area contributed by atoms with Crippen molar-refractivity contribution in [3.63, 3.8) is 0 Å². The highest BCUT2D eigenvalue weighted by Gasteiger charge is 2.31. The highest BCUT2D eigenvalue weighted by molar-refractivity contribution is 6.31. The molecule has 132 valence electrons. The summed E-state index contributed by atoms with van der Waals surface area (Å²) in [5.41, 5.74) is 1.56. The Labute approximate surface area is 155 Å². The topological polar surface area (TPSA) is 62.6 Å². The van der Waals surface area contributed by atoms with Crippen molar-refractivity contribution in [2.24, 2.45) is 0 Å². The molecule has 6 heteroatoms. The van der Waals surface area contributed by atoms with Gasteiger partial charge in [0.25, 0.3) is 5.91 Å². The molecule has 1 aliphatic heterocycles. The fourth-order valence-electron chi connectivity index (χ4n) is 3.20. The molecule has 3 aromatic rings. The lowest BCUT2D eigenvalue weighted by molar-refractivity contribution is -0.128. The van der Waals surface area contributed by atoms with Crippen LogP contribution in [0.25, 0.3) is 11.0 Å². The van der Waals surface area contributed by atoms with Crippen molar-refractivity contribution < 1.29 is 14.0 Å². The Kier molecular flexibility index (Phi) is 4.39. The Hall–Kier alpha value is -2.79. The van der Waals surface area contributed by atoms with Crippen LogP contribution in [0.4, 0.5) is 0 Å². The first-order chi connectivity index (χ1) is 12.6. The van der Waals surface area contributed by atoms with Crippen molar-refractivity contribution >= 4 is 34.4 Å². The molecule has 0 unspecified atom stereocenters. The number of fused-ring (bicyclic) bond motifs is 1. The third-order valence-electron chi connectivity index (χ3n) is 4.52. The van der Waals surface area contributed by atoms with Gasteiger partial charge in [-0.2, -0.15) is 0 Å². The summed E-state index contributed by atoms with van der Waals surface area (Å²) in [7, 11) is 0. The van der Waals surface area contributed by atoms with Gasteiger partial charge in [-0.1, -0.05) is 48.0 Å². The normalized spacial score (nSPS) is 17.0.